The van der Waals surface area contributed by atoms with Crippen molar-refractivity contribution in [2.24, 2.45) is 11.8 Å². The Morgan fingerprint density at radius 1 is 1.08 bits per heavy atom. The lowest BCUT2D eigenvalue weighted by molar-refractivity contribution is -0.144. The van der Waals surface area contributed by atoms with E-state index in [-0.39, 0.29) is 12.5 Å². The summed E-state index contributed by atoms with van der Waals surface area (Å²) in [6, 6.07) is 0.138. The minimum absolute atomic E-state index is 0.103. The summed E-state index contributed by atoms with van der Waals surface area (Å²) in [5, 5.41) is 9.61. The van der Waals surface area contributed by atoms with Gasteiger partial charge in [-0.1, -0.05) is 32.6 Å². The van der Waals surface area contributed by atoms with Gasteiger partial charge in [-0.15, -0.1) is 0 Å². The van der Waals surface area contributed by atoms with Gasteiger partial charge >= 0.3 is 5.97 Å². The molecule has 0 aromatic heterocycles. The Balaban J connectivity index is 1.67. The standard InChI is InChI=1S/C19H32N2O3/c1-13-7-3-5-9-15(13)20(2)18(22)12-21-16-10-6-4-8-14(16)11-17(21)19(23)24/h13-17H,3-12H2,1-2H3,(H,23,24). The lowest BCUT2D eigenvalue weighted by Crippen LogP contribution is -2.51. The number of rotatable bonds is 4. The number of hydrogen-bond acceptors (Lipinski definition) is 3. The molecule has 0 aromatic carbocycles. The number of amides is 1. The summed E-state index contributed by atoms with van der Waals surface area (Å²) in [5.41, 5.74) is 0. The summed E-state index contributed by atoms with van der Waals surface area (Å²) in [7, 11) is 1.92. The zero-order chi connectivity index (χ0) is 17.3. The molecule has 3 rings (SSSR count). The highest BCUT2D eigenvalue weighted by atomic mass is 16.4. The first-order valence-corrected chi connectivity index (χ1v) is 9.73. The lowest BCUT2D eigenvalue weighted by Gasteiger charge is -2.38. The molecule has 2 aliphatic carbocycles. The predicted molar refractivity (Wildman–Crippen MR) is 92.7 cm³/mol. The fraction of sp³-hybridized carbons (Fsp3) is 0.895. The molecule has 1 saturated heterocycles. The van der Waals surface area contributed by atoms with E-state index in [2.05, 4.69) is 6.92 Å². The molecular weight excluding hydrogens is 304 g/mol. The van der Waals surface area contributed by atoms with Gasteiger partial charge in [0, 0.05) is 19.1 Å². The predicted octanol–water partition coefficient (Wildman–Crippen LogP) is 2.74. The van der Waals surface area contributed by atoms with Crippen molar-refractivity contribution in [1.29, 1.82) is 0 Å². The molecule has 1 heterocycles. The smallest absolute Gasteiger partial charge is 0.320 e. The van der Waals surface area contributed by atoms with Crippen LogP contribution >= 0.6 is 0 Å². The molecule has 0 aromatic rings. The van der Waals surface area contributed by atoms with Crippen LogP contribution in [0, 0.1) is 11.8 Å². The Labute approximate surface area is 145 Å². The fourth-order valence-electron chi connectivity index (χ4n) is 5.35. The first kappa shape index (κ1) is 17.7. The first-order chi connectivity index (χ1) is 11.5. The third kappa shape index (κ3) is 3.46. The van der Waals surface area contributed by atoms with Crippen molar-refractivity contribution in [1.82, 2.24) is 9.80 Å². The molecular formula is C19H32N2O3. The van der Waals surface area contributed by atoms with E-state index >= 15 is 0 Å². The van der Waals surface area contributed by atoms with Gasteiger partial charge in [0.05, 0.1) is 6.54 Å². The summed E-state index contributed by atoms with van der Waals surface area (Å²) < 4.78 is 0. The minimum Gasteiger partial charge on any atom is -0.480 e. The van der Waals surface area contributed by atoms with E-state index in [1.54, 1.807) is 0 Å². The summed E-state index contributed by atoms with van der Waals surface area (Å²) in [6.45, 7) is 2.51. The molecule has 5 atom stereocenters. The topological polar surface area (TPSA) is 60.9 Å². The Morgan fingerprint density at radius 3 is 2.46 bits per heavy atom. The molecule has 0 bridgehead atoms. The van der Waals surface area contributed by atoms with Crippen LogP contribution in [0.2, 0.25) is 0 Å². The Morgan fingerprint density at radius 2 is 1.75 bits per heavy atom. The van der Waals surface area contributed by atoms with Crippen LogP contribution in [0.5, 0.6) is 0 Å². The van der Waals surface area contributed by atoms with Crippen molar-refractivity contribution < 1.29 is 14.7 Å². The second kappa shape index (κ2) is 7.42. The van der Waals surface area contributed by atoms with Crippen molar-refractivity contribution >= 4 is 11.9 Å². The van der Waals surface area contributed by atoms with E-state index in [0.717, 1.165) is 32.1 Å². The van der Waals surface area contributed by atoms with Crippen LogP contribution in [0.25, 0.3) is 0 Å². The largest absolute Gasteiger partial charge is 0.480 e. The van der Waals surface area contributed by atoms with Gasteiger partial charge in [-0.05, 0) is 43.9 Å². The van der Waals surface area contributed by atoms with Crippen molar-refractivity contribution in [3.63, 3.8) is 0 Å². The van der Waals surface area contributed by atoms with Crippen molar-refractivity contribution in [2.45, 2.75) is 82.8 Å². The number of hydrogen-bond donors (Lipinski definition) is 1. The molecule has 5 unspecified atom stereocenters. The van der Waals surface area contributed by atoms with E-state index in [9.17, 15) is 14.7 Å². The Kier molecular flexibility index (Phi) is 5.48. The zero-order valence-corrected chi connectivity index (χ0v) is 15.1. The van der Waals surface area contributed by atoms with Gasteiger partial charge in [0.25, 0.3) is 0 Å². The number of carboxylic acids is 1. The second-order valence-corrected chi connectivity index (χ2v) is 8.21. The van der Waals surface area contributed by atoms with Crippen molar-refractivity contribution in [3.8, 4) is 0 Å². The van der Waals surface area contributed by atoms with Gasteiger partial charge in [-0.25, -0.2) is 0 Å². The van der Waals surface area contributed by atoms with Gasteiger partial charge in [0.1, 0.15) is 6.04 Å². The van der Waals surface area contributed by atoms with Crippen LogP contribution in [-0.4, -0.2) is 58.5 Å². The number of carboxylic acid groups (broad SMARTS) is 1. The molecule has 5 heteroatoms. The maximum absolute atomic E-state index is 12.9. The lowest BCUT2D eigenvalue weighted by atomic mass is 9.84. The number of fused-ring (bicyclic) bond motifs is 1. The highest BCUT2D eigenvalue weighted by Gasteiger charge is 2.46. The van der Waals surface area contributed by atoms with Crippen molar-refractivity contribution in [3.05, 3.63) is 0 Å². The molecule has 0 radical (unpaired) electrons. The van der Waals surface area contributed by atoms with E-state index in [1.807, 2.05) is 16.8 Å². The quantitative estimate of drug-likeness (QED) is 0.857. The summed E-state index contributed by atoms with van der Waals surface area (Å²) in [4.78, 5) is 28.5. The number of aliphatic carboxylic acids is 1. The minimum atomic E-state index is -0.758. The molecule has 5 nitrogen and oxygen atoms in total. The molecule has 3 fully saturated rings. The normalized spacial score (nSPS) is 37.0. The zero-order valence-electron chi connectivity index (χ0n) is 15.1. The van der Waals surface area contributed by atoms with Crippen LogP contribution < -0.4 is 0 Å². The van der Waals surface area contributed by atoms with E-state index in [4.69, 9.17) is 0 Å². The highest BCUT2D eigenvalue weighted by Crippen LogP contribution is 2.39. The Hall–Kier alpha value is -1.10. The SMILES string of the molecule is CC1CCCCC1N(C)C(=O)CN1C(C(=O)O)CC2CCCCC21. The van der Waals surface area contributed by atoms with Gasteiger partial charge in [-0.3, -0.25) is 14.5 Å². The molecule has 1 amide bonds. The number of carbonyl (C=O) groups is 2. The monoisotopic (exact) mass is 336 g/mol. The number of likely N-dealkylation sites (tertiary alicyclic amines) is 1. The first-order valence-electron chi connectivity index (χ1n) is 9.73. The fourth-order valence-corrected chi connectivity index (χ4v) is 5.35. The second-order valence-electron chi connectivity index (χ2n) is 8.21. The van der Waals surface area contributed by atoms with Crippen LogP contribution in [-0.2, 0) is 9.59 Å². The van der Waals surface area contributed by atoms with Crippen LogP contribution in [0.15, 0.2) is 0 Å². The molecule has 136 valence electrons. The third-order valence-corrected chi connectivity index (χ3v) is 6.78. The molecule has 2 saturated carbocycles. The molecule has 1 aliphatic heterocycles. The van der Waals surface area contributed by atoms with Gasteiger partial charge in [0.15, 0.2) is 0 Å². The maximum atomic E-state index is 12.9. The third-order valence-electron chi connectivity index (χ3n) is 6.78. The van der Waals surface area contributed by atoms with Crippen LogP contribution in [0.4, 0.5) is 0 Å². The molecule has 24 heavy (non-hydrogen) atoms. The average Bonchev–Trinajstić information content (AvgIpc) is 2.94. The summed E-state index contributed by atoms with van der Waals surface area (Å²) >= 11 is 0. The van der Waals surface area contributed by atoms with Gasteiger partial charge < -0.3 is 10.0 Å². The van der Waals surface area contributed by atoms with Gasteiger partial charge in [0.2, 0.25) is 5.91 Å². The highest BCUT2D eigenvalue weighted by molar-refractivity contribution is 5.80. The summed E-state index contributed by atoms with van der Waals surface area (Å²) in [5.74, 6) is 0.354. The molecule has 3 aliphatic rings. The van der Waals surface area contributed by atoms with E-state index in [0.29, 0.717) is 23.9 Å². The maximum Gasteiger partial charge on any atom is 0.320 e. The van der Waals surface area contributed by atoms with Crippen LogP contribution in [0.3, 0.4) is 0 Å². The average molecular weight is 336 g/mol. The summed E-state index contributed by atoms with van der Waals surface area (Å²) in [6.07, 6.45) is 9.97. The van der Waals surface area contributed by atoms with E-state index < -0.39 is 12.0 Å². The van der Waals surface area contributed by atoms with Crippen molar-refractivity contribution in [2.75, 3.05) is 13.6 Å². The van der Waals surface area contributed by atoms with Crippen LogP contribution in [0.1, 0.15) is 64.7 Å². The number of nitrogens with zero attached hydrogens (tertiary/aromatic N) is 2. The molecule has 1 N–H and O–H groups in total. The van der Waals surface area contributed by atoms with E-state index in [1.165, 1.54) is 25.7 Å². The Bertz CT molecular complexity index is 481. The van der Waals surface area contributed by atoms with Gasteiger partial charge in [-0.2, -0.15) is 0 Å². The molecule has 0 spiro atoms. The number of carbonyl (C=O) groups excluding carboxylic acids is 1. The number of likely N-dealkylation sites (N-methyl/N-ethyl adjacent to an activating group) is 1.